The fourth-order valence-electron chi connectivity index (χ4n) is 5.01. The van der Waals surface area contributed by atoms with Crippen molar-refractivity contribution >= 4 is 46.6 Å². The van der Waals surface area contributed by atoms with Crippen LogP contribution in [0.25, 0.3) is 22.9 Å². The van der Waals surface area contributed by atoms with Crippen molar-refractivity contribution in [1.29, 1.82) is 0 Å². The van der Waals surface area contributed by atoms with E-state index in [1.807, 2.05) is 18.2 Å². The maximum Gasteiger partial charge on any atom is 0.246 e. The molecule has 1 fully saturated rings. The number of phenols is 1. The van der Waals surface area contributed by atoms with Gasteiger partial charge in [-0.3, -0.25) is 4.79 Å². The highest BCUT2D eigenvalue weighted by Gasteiger charge is 2.38. The minimum atomic E-state index is -1.04. The number of rotatable bonds is 4. The summed E-state index contributed by atoms with van der Waals surface area (Å²) in [5, 5.41) is 20.2. The van der Waals surface area contributed by atoms with E-state index in [0.29, 0.717) is 60.3 Å². The van der Waals surface area contributed by atoms with Gasteiger partial charge in [0.1, 0.15) is 17.3 Å². The van der Waals surface area contributed by atoms with Crippen molar-refractivity contribution in [3.8, 4) is 17.0 Å². The first-order valence-electron chi connectivity index (χ1n) is 11.9. The third-order valence-electron chi connectivity index (χ3n) is 6.91. The van der Waals surface area contributed by atoms with Crippen LogP contribution in [0.15, 0.2) is 55.1 Å². The molecule has 6 nitrogen and oxygen atoms in total. The van der Waals surface area contributed by atoms with Crippen LogP contribution >= 0.6 is 23.2 Å². The number of carbonyl (C=O) groups is 1. The molecule has 1 unspecified atom stereocenters. The Morgan fingerprint density at radius 3 is 2.54 bits per heavy atom. The number of benzene rings is 2. The minimum Gasteiger partial charge on any atom is -0.507 e. The van der Waals surface area contributed by atoms with E-state index in [1.165, 1.54) is 24.3 Å². The van der Waals surface area contributed by atoms with Crippen LogP contribution in [0.2, 0.25) is 5.02 Å². The van der Waals surface area contributed by atoms with Crippen LogP contribution < -0.4 is 4.90 Å². The van der Waals surface area contributed by atoms with E-state index in [9.17, 15) is 14.3 Å². The van der Waals surface area contributed by atoms with Gasteiger partial charge in [0, 0.05) is 42.9 Å². The Morgan fingerprint density at radius 2 is 1.86 bits per heavy atom. The maximum atomic E-state index is 15.0. The van der Waals surface area contributed by atoms with Crippen molar-refractivity contribution in [2.24, 2.45) is 0 Å². The Balaban J connectivity index is 1.68. The van der Waals surface area contributed by atoms with Gasteiger partial charge in [-0.25, -0.2) is 4.39 Å². The van der Waals surface area contributed by atoms with Gasteiger partial charge in [-0.2, -0.15) is 0 Å². The van der Waals surface area contributed by atoms with Gasteiger partial charge in [-0.05, 0) is 49.3 Å². The first kappa shape index (κ1) is 25.2. The predicted octanol–water partition coefficient (Wildman–Crippen LogP) is 5.57. The number of phenolic OH excluding ortho intramolecular Hbond substituents is 1. The summed E-state index contributed by atoms with van der Waals surface area (Å²) in [6.45, 7) is 7.55. The molecule has 0 spiro atoms. The zero-order valence-corrected chi connectivity index (χ0v) is 21.7. The van der Waals surface area contributed by atoms with Gasteiger partial charge in [-0.1, -0.05) is 42.4 Å². The van der Waals surface area contributed by atoms with Gasteiger partial charge < -0.3 is 14.9 Å². The summed E-state index contributed by atoms with van der Waals surface area (Å²) in [7, 11) is 0. The number of hydrogen-bond acceptors (Lipinski definition) is 5. The lowest BCUT2D eigenvalue weighted by atomic mass is 9.79. The number of halogens is 3. The molecule has 9 heteroatoms. The second-order valence-corrected chi connectivity index (χ2v) is 10.6. The number of amides is 1. The highest BCUT2D eigenvalue weighted by molar-refractivity contribution is 6.34. The third-order valence-corrected chi connectivity index (χ3v) is 7.58. The molecule has 0 bridgehead atoms. The third kappa shape index (κ3) is 4.58. The monoisotopic (exact) mass is 538 g/mol. The lowest BCUT2D eigenvalue weighted by molar-refractivity contribution is -0.126. The van der Waals surface area contributed by atoms with Crippen molar-refractivity contribution in [3.63, 3.8) is 0 Å². The molecular weight excluding hydrogens is 514 g/mol. The number of anilines is 1. The van der Waals surface area contributed by atoms with Crippen LogP contribution in [0, 0.1) is 5.82 Å². The standard InChI is InChI=1S/C28H25Cl2FN4O2/c1-3-24(37)34-11-13-35(14-12-34)27-19-16-28(2,30)20(25-22(31)9-6-10-23(25)36)15-18(19)26(32-33-27)17-7-4-5-8-21(17)29/h3-10,15,36H,1,11-14,16H2,2H3. The first-order chi connectivity index (χ1) is 17.7. The minimum absolute atomic E-state index is 0.0608. The van der Waals surface area contributed by atoms with E-state index in [1.54, 1.807) is 24.0 Å². The second-order valence-electron chi connectivity index (χ2n) is 9.33. The maximum absolute atomic E-state index is 15.0. The fraction of sp³-hybridized carbons (Fsp3) is 0.250. The van der Waals surface area contributed by atoms with E-state index in [0.717, 1.165) is 11.1 Å². The van der Waals surface area contributed by atoms with Gasteiger partial charge in [0.2, 0.25) is 5.91 Å². The van der Waals surface area contributed by atoms with Crippen molar-refractivity contribution in [2.75, 3.05) is 31.1 Å². The molecule has 1 aliphatic heterocycles. The number of nitrogens with zero attached hydrogens (tertiary/aromatic N) is 4. The van der Waals surface area contributed by atoms with Crippen LogP contribution in [0.5, 0.6) is 5.75 Å². The van der Waals surface area contributed by atoms with E-state index in [2.05, 4.69) is 21.7 Å². The van der Waals surface area contributed by atoms with Crippen LogP contribution in [0.1, 0.15) is 23.6 Å². The van der Waals surface area contributed by atoms with Crippen molar-refractivity contribution in [2.45, 2.75) is 18.2 Å². The van der Waals surface area contributed by atoms with Gasteiger partial charge in [0.25, 0.3) is 0 Å². The molecule has 0 saturated carbocycles. The molecule has 0 radical (unpaired) electrons. The first-order valence-corrected chi connectivity index (χ1v) is 12.7. The summed E-state index contributed by atoms with van der Waals surface area (Å²) < 4.78 is 15.0. The Kier molecular flexibility index (Phi) is 6.68. The Labute approximate surface area is 224 Å². The molecule has 37 heavy (non-hydrogen) atoms. The van der Waals surface area contributed by atoms with Crippen molar-refractivity contribution < 1.29 is 14.3 Å². The average Bonchev–Trinajstić information content (AvgIpc) is 2.88. The van der Waals surface area contributed by atoms with Crippen LogP contribution in [-0.4, -0.2) is 57.2 Å². The number of aromatic nitrogens is 2. The van der Waals surface area contributed by atoms with E-state index in [-0.39, 0.29) is 17.2 Å². The zero-order valence-electron chi connectivity index (χ0n) is 20.2. The molecule has 1 saturated heterocycles. The average molecular weight is 539 g/mol. The molecule has 1 aliphatic carbocycles. The normalized spacial score (nSPS) is 19.3. The number of carbonyl (C=O) groups excluding carboxylic acids is 1. The molecule has 1 atom stereocenters. The predicted molar refractivity (Wildman–Crippen MR) is 145 cm³/mol. The largest absolute Gasteiger partial charge is 0.507 e. The van der Waals surface area contributed by atoms with E-state index >= 15 is 0 Å². The Bertz CT molecular complexity index is 1410. The van der Waals surface area contributed by atoms with Gasteiger partial charge in [0.05, 0.1) is 15.5 Å². The molecule has 2 aromatic carbocycles. The summed E-state index contributed by atoms with van der Waals surface area (Å²) in [6, 6.07) is 11.5. The molecule has 1 amide bonds. The molecule has 1 aromatic heterocycles. The lowest BCUT2D eigenvalue weighted by Gasteiger charge is -2.38. The molecule has 2 heterocycles. The number of alkyl halides is 1. The highest BCUT2D eigenvalue weighted by atomic mass is 35.5. The number of aromatic hydroxyl groups is 1. The SMILES string of the molecule is C=CC(=O)N1CCN(c2nnc(-c3ccccc3Cl)c3c2CC(C)(Cl)C(c2c(O)cccc2F)=C3)CC1. The number of piperazine rings is 1. The number of fused-ring (bicyclic) bond motifs is 1. The van der Waals surface area contributed by atoms with Crippen LogP contribution in [0.4, 0.5) is 10.2 Å². The molecule has 3 aromatic rings. The van der Waals surface area contributed by atoms with Crippen LogP contribution in [0.3, 0.4) is 0 Å². The quantitative estimate of drug-likeness (QED) is 0.347. The molecule has 5 rings (SSSR count). The van der Waals surface area contributed by atoms with E-state index in [4.69, 9.17) is 23.2 Å². The van der Waals surface area contributed by atoms with E-state index < -0.39 is 10.7 Å². The molecule has 1 N–H and O–H groups in total. The summed E-state index contributed by atoms with van der Waals surface area (Å²) >= 11 is 13.6. The fourth-order valence-corrected chi connectivity index (χ4v) is 5.52. The summed E-state index contributed by atoms with van der Waals surface area (Å²) in [4.78, 5) is 14.8. The van der Waals surface area contributed by atoms with Crippen molar-refractivity contribution in [3.05, 3.63) is 82.6 Å². The number of hydrogen-bond donors (Lipinski definition) is 1. The zero-order chi connectivity index (χ0) is 26.3. The topological polar surface area (TPSA) is 69.6 Å². The molecule has 2 aliphatic rings. The summed E-state index contributed by atoms with van der Waals surface area (Å²) in [5.74, 6) is -0.193. The summed E-state index contributed by atoms with van der Waals surface area (Å²) in [6.07, 6.45) is 3.43. The van der Waals surface area contributed by atoms with Gasteiger partial charge in [-0.15, -0.1) is 21.8 Å². The van der Waals surface area contributed by atoms with Crippen molar-refractivity contribution in [1.82, 2.24) is 15.1 Å². The van der Waals surface area contributed by atoms with Crippen LogP contribution in [-0.2, 0) is 11.2 Å². The lowest BCUT2D eigenvalue weighted by Crippen LogP contribution is -2.49. The van der Waals surface area contributed by atoms with Gasteiger partial charge in [0.15, 0.2) is 5.82 Å². The smallest absolute Gasteiger partial charge is 0.246 e. The molecule has 190 valence electrons. The summed E-state index contributed by atoms with van der Waals surface area (Å²) in [5.41, 5.74) is 3.32. The Hall–Kier alpha value is -3.42. The number of allylic oxidation sites excluding steroid dienone is 1. The molecular formula is C28H25Cl2FN4O2. The highest BCUT2D eigenvalue weighted by Crippen LogP contribution is 2.49. The second kappa shape index (κ2) is 9.80. The Morgan fingerprint density at radius 1 is 1.14 bits per heavy atom. The van der Waals surface area contributed by atoms with Gasteiger partial charge >= 0.3 is 0 Å².